The molecule has 0 bridgehead atoms. The molecule has 0 saturated carbocycles. The number of guanidine groups is 1. The molecule has 1 amide bonds. The van der Waals surface area contributed by atoms with E-state index in [0.717, 1.165) is 36.8 Å². The van der Waals surface area contributed by atoms with E-state index >= 15 is 0 Å². The van der Waals surface area contributed by atoms with Crippen LogP contribution < -0.4 is 10.6 Å². The SMILES string of the molecule is CN=C(NCc1cccc(C(=O)NCc2ccco2)c1)N1CC=C(c2ccccc2)CC1. The molecule has 2 heterocycles. The summed E-state index contributed by atoms with van der Waals surface area (Å²) in [7, 11) is 1.80. The smallest absolute Gasteiger partial charge is 0.251 e. The van der Waals surface area contributed by atoms with Gasteiger partial charge in [0.1, 0.15) is 5.76 Å². The number of benzene rings is 2. The maximum atomic E-state index is 12.5. The van der Waals surface area contributed by atoms with Crippen LogP contribution in [-0.2, 0) is 13.1 Å². The van der Waals surface area contributed by atoms with Crippen LogP contribution in [-0.4, -0.2) is 36.9 Å². The Kier molecular flexibility index (Phi) is 7.02. The normalized spacial score (nSPS) is 14.1. The molecule has 6 nitrogen and oxygen atoms in total. The first-order valence-corrected chi connectivity index (χ1v) is 10.8. The number of amides is 1. The Morgan fingerprint density at radius 3 is 2.62 bits per heavy atom. The summed E-state index contributed by atoms with van der Waals surface area (Å²) in [6.07, 6.45) is 4.85. The second kappa shape index (κ2) is 10.5. The van der Waals surface area contributed by atoms with Crippen LogP contribution in [0, 0.1) is 0 Å². The highest BCUT2D eigenvalue weighted by atomic mass is 16.3. The molecule has 0 atom stereocenters. The Morgan fingerprint density at radius 2 is 1.91 bits per heavy atom. The summed E-state index contributed by atoms with van der Waals surface area (Å²) in [4.78, 5) is 19.2. The average molecular weight is 429 g/mol. The molecule has 1 aromatic heterocycles. The maximum absolute atomic E-state index is 12.5. The highest BCUT2D eigenvalue weighted by Crippen LogP contribution is 2.22. The fraction of sp³-hybridized carbons (Fsp3) is 0.231. The van der Waals surface area contributed by atoms with Crippen LogP contribution in [0.3, 0.4) is 0 Å². The zero-order valence-corrected chi connectivity index (χ0v) is 18.3. The largest absolute Gasteiger partial charge is 0.467 e. The average Bonchev–Trinajstić information content (AvgIpc) is 3.38. The molecule has 164 valence electrons. The number of nitrogens with one attached hydrogen (secondary N) is 2. The Morgan fingerprint density at radius 1 is 1.03 bits per heavy atom. The standard InChI is InChI=1S/C26H28N4O2/c1-27-26(30-14-12-22(13-15-30)21-8-3-2-4-9-21)29-18-20-7-5-10-23(17-20)25(31)28-19-24-11-6-16-32-24/h2-12,16-17H,13-15,18-19H2,1H3,(H,27,29)(H,28,31). The number of hydrogen-bond donors (Lipinski definition) is 2. The molecule has 6 heteroatoms. The van der Waals surface area contributed by atoms with Gasteiger partial charge in [-0.3, -0.25) is 9.79 Å². The number of aliphatic imine (C=N–C) groups is 1. The lowest BCUT2D eigenvalue weighted by molar-refractivity contribution is 0.0948. The summed E-state index contributed by atoms with van der Waals surface area (Å²) >= 11 is 0. The van der Waals surface area contributed by atoms with E-state index in [9.17, 15) is 4.79 Å². The van der Waals surface area contributed by atoms with Crippen molar-refractivity contribution in [2.75, 3.05) is 20.1 Å². The van der Waals surface area contributed by atoms with E-state index in [1.807, 2.05) is 36.4 Å². The quantitative estimate of drug-likeness (QED) is 0.459. The van der Waals surface area contributed by atoms with Gasteiger partial charge in [0, 0.05) is 32.2 Å². The third-order valence-corrected chi connectivity index (χ3v) is 5.51. The molecule has 2 N–H and O–H groups in total. The molecule has 1 aliphatic rings. The van der Waals surface area contributed by atoms with Crippen molar-refractivity contribution in [3.05, 3.63) is 102 Å². The lowest BCUT2D eigenvalue weighted by atomic mass is 10.00. The van der Waals surface area contributed by atoms with E-state index in [-0.39, 0.29) is 5.91 Å². The predicted molar refractivity (Wildman–Crippen MR) is 127 cm³/mol. The van der Waals surface area contributed by atoms with Crippen molar-refractivity contribution in [2.24, 2.45) is 4.99 Å². The first-order chi connectivity index (χ1) is 15.7. The number of carbonyl (C=O) groups excluding carboxylic acids is 1. The monoisotopic (exact) mass is 428 g/mol. The number of nitrogens with zero attached hydrogens (tertiary/aromatic N) is 2. The molecule has 0 aliphatic carbocycles. The van der Waals surface area contributed by atoms with Gasteiger partial charge in [-0.1, -0.05) is 48.5 Å². The third-order valence-electron chi connectivity index (χ3n) is 5.51. The molecular weight excluding hydrogens is 400 g/mol. The molecule has 3 aromatic rings. The van der Waals surface area contributed by atoms with Crippen molar-refractivity contribution in [1.82, 2.24) is 15.5 Å². The van der Waals surface area contributed by atoms with E-state index in [4.69, 9.17) is 4.42 Å². The lowest BCUT2D eigenvalue weighted by Gasteiger charge is -2.30. The summed E-state index contributed by atoms with van der Waals surface area (Å²) in [6, 6.07) is 21.8. The van der Waals surface area contributed by atoms with Crippen molar-refractivity contribution >= 4 is 17.4 Å². The minimum absolute atomic E-state index is 0.123. The van der Waals surface area contributed by atoms with Crippen molar-refractivity contribution in [2.45, 2.75) is 19.5 Å². The van der Waals surface area contributed by atoms with Gasteiger partial charge in [0.15, 0.2) is 5.96 Å². The number of hydrogen-bond acceptors (Lipinski definition) is 3. The van der Waals surface area contributed by atoms with Crippen LogP contribution in [0.25, 0.3) is 5.57 Å². The van der Waals surface area contributed by atoms with Gasteiger partial charge in [-0.25, -0.2) is 0 Å². The van der Waals surface area contributed by atoms with Gasteiger partial charge in [0.2, 0.25) is 0 Å². The molecule has 0 unspecified atom stereocenters. The van der Waals surface area contributed by atoms with Gasteiger partial charge in [0.05, 0.1) is 12.8 Å². The molecule has 0 fully saturated rings. The van der Waals surface area contributed by atoms with E-state index < -0.39 is 0 Å². The van der Waals surface area contributed by atoms with E-state index in [1.165, 1.54) is 11.1 Å². The van der Waals surface area contributed by atoms with Crippen LogP contribution in [0.4, 0.5) is 0 Å². The van der Waals surface area contributed by atoms with Crippen molar-refractivity contribution in [3.63, 3.8) is 0 Å². The van der Waals surface area contributed by atoms with Crippen LogP contribution in [0.2, 0.25) is 0 Å². The zero-order chi connectivity index (χ0) is 22.2. The fourth-order valence-corrected chi connectivity index (χ4v) is 3.79. The third kappa shape index (κ3) is 5.46. The first kappa shape index (κ1) is 21.4. The summed E-state index contributed by atoms with van der Waals surface area (Å²) in [6.45, 7) is 2.70. The predicted octanol–water partition coefficient (Wildman–Crippen LogP) is 4.07. The van der Waals surface area contributed by atoms with E-state index in [0.29, 0.717) is 18.7 Å². The second-order valence-electron chi connectivity index (χ2n) is 7.65. The summed E-state index contributed by atoms with van der Waals surface area (Å²) in [5, 5.41) is 6.31. The molecule has 0 spiro atoms. The number of carbonyl (C=O) groups is 1. The summed E-state index contributed by atoms with van der Waals surface area (Å²) in [5.74, 6) is 1.47. The van der Waals surface area contributed by atoms with Gasteiger partial charge in [-0.2, -0.15) is 0 Å². The van der Waals surface area contributed by atoms with Gasteiger partial charge in [-0.05, 0) is 47.4 Å². The highest BCUT2D eigenvalue weighted by molar-refractivity contribution is 5.94. The summed E-state index contributed by atoms with van der Waals surface area (Å²) < 4.78 is 5.26. The molecule has 0 radical (unpaired) electrons. The number of rotatable bonds is 6. The van der Waals surface area contributed by atoms with Gasteiger partial charge >= 0.3 is 0 Å². The Bertz CT molecular complexity index is 1090. The van der Waals surface area contributed by atoms with Crippen LogP contribution >= 0.6 is 0 Å². The summed E-state index contributed by atoms with van der Waals surface area (Å²) in [5.41, 5.74) is 4.32. The Hall–Kier alpha value is -3.80. The molecule has 2 aromatic carbocycles. The minimum atomic E-state index is -0.123. The van der Waals surface area contributed by atoms with Crippen molar-refractivity contribution < 1.29 is 9.21 Å². The minimum Gasteiger partial charge on any atom is -0.467 e. The molecular formula is C26H28N4O2. The van der Waals surface area contributed by atoms with Gasteiger partial charge < -0.3 is 20.0 Å². The lowest BCUT2D eigenvalue weighted by Crippen LogP contribution is -2.43. The Balaban J connectivity index is 1.32. The van der Waals surface area contributed by atoms with Crippen LogP contribution in [0.1, 0.15) is 33.7 Å². The Labute approximate surface area is 188 Å². The van der Waals surface area contributed by atoms with E-state index in [2.05, 4.69) is 50.9 Å². The molecule has 4 rings (SSSR count). The molecule has 1 aliphatic heterocycles. The van der Waals surface area contributed by atoms with Crippen LogP contribution in [0.15, 0.2) is 88.5 Å². The van der Waals surface area contributed by atoms with Crippen molar-refractivity contribution in [3.8, 4) is 0 Å². The maximum Gasteiger partial charge on any atom is 0.251 e. The van der Waals surface area contributed by atoms with Crippen LogP contribution in [0.5, 0.6) is 0 Å². The number of furan rings is 1. The van der Waals surface area contributed by atoms with Gasteiger partial charge in [0.25, 0.3) is 5.91 Å². The zero-order valence-electron chi connectivity index (χ0n) is 18.3. The molecule has 0 saturated heterocycles. The first-order valence-electron chi connectivity index (χ1n) is 10.8. The van der Waals surface area contributed by atoms with E-state index in [1.54, 1.807) is 19.4 Å². The van der Waals surface area contributed by atoms with Gasteiger partial charge in [-0.15, -0.1) is 0 Å². The topological polar surface area (TPSA) is 69.9 Å². The second-order valence-corrected chi connectivity index (χ2v) is 7.65. The molecule has 32 heavy (non-hydrogen) atoms. The van der Waals surface area contributed by atoms with Crippen molar-refractivity contribution in [1.29, 1.82) is 0 Å². The highest BCUT2D eigenvalue weighted by Gasteiger charge is 2.16. The fourth-order valence-electron chi connectivity index (χ4n) is 3.79.